The minimum Gasteiger partial charge on any atom is -0.319 e. The molecule has 0 aromatic carbocycles. The summed E-state index contributed by atoms with van der Waals surface area (Å²) in [4.78, 5) is 0. The summed E-state index contributed by atoms with van der Waals surface area (Å²) in [7, 11) is 2.04. The topological polar surface area (TPSA) is 29.9 Å². The van der Waals surface area contributed by atoms with Crippen LogP contribution in [0.5, 0.6) is 0 Å². The van der Waals surface area contributed by atoms with E-state index in [4.69, 9.17) is 5.10 Å². The van der Waals surface area contributed by atoms with Crippen LogP contribution in [0.3, 0.4) is 0 Å². The van der Waals surface area contributed by atoms with E-state index < -0.39 is 0 Å². The Hall–Kier alpha value is -0.830. The van der Waals surface area contributed by atoms with E-state index in [9.17, 15) is 0 Å². The van der Waals surface area contributed by atoms with E-state index in [0.29, 0.717) is 6.04 Å². The van der Waals surface area contributed by atoms with Gasteiger partial charge in [-0.1, -0.05) is 32.6 Å². The third kappa shape index (κ3) is 4.34. The summed E-state index contributed by atoms with van der Waals surface area (Å²) in [6.07, 6.45) is 12.7. The fourth-order valence-electron chi connectivity index (χ4n) is 3.30. The van der Waals surface area contributed by atoms with Gasteiger partial charge in [0.25, 0.3) is 0 Å². The van der Waals surface area contributed by atoms with Gasteiger partial charge in [-0.15, -0.1) is 0 Å². The molecule has 1 fully saturated rings. The van der Waals surface area contributed by atoms with Crippen LogP contribution in [0.1, 0.15) is 63.6 Å². The van der Waals surface area contributed by atoms with Gasteiger partial charge in [0.1, 0.15) is 0 Å². The van der Waals surface area contributed by atoms with Gasteiger partial charge >= 0.3 is 0 Å². The predicted molar refractivity (Wildman–Crippen MR) is 80.4 cm³/mol. The number of hydrogen-bond acceptors (Lipinski definition) is 2. The lowest BCUT2D eigenvalue weighted by Gasteiger charge is -2.22. The molecule has 1 unspecified atom stereocenters. The Morgan fingerprint density at radius 3 is 2.84 bits per heavy atom. The van der Waals surface area contributed by atoms with Gasteiger partial charge in [0, 0.05) is 6.20 Å². The molecule has 0 radical (unpaired) electrons. The highest BCUT2D eigenvalue weighted by Gasteiger charge is 2.17. The molecule has 1 atom stereocenters. The van der Waals surface area contributed by atoms with Gasteiger partial charge in [-0.25, -0.2) is 0 Å². The summed E-state index contributed by atoms with van der Waals surface area (Å²) in [5, 5.41) is 8.14. The van der Waals surface area contributed by atoms with E-state index >= 15 is 0 Å². The predicted octanol–water partition coefficient (Wildman–Crippen LogP) is 3.57. The highest BCUT2D eigenvalue weighted by molar-refractivity contribution is 5.01. The van der Waals surface area contributed by atoms with Gasteiger partial charge in [0.2, 0.25) is 0 Å². The van der Waals surface area contributed by atoms with Crippen molar-refractivity contribution in [2.45, 2.75) is 64.3 Å². The first-order chi connectivity index (χ1) is 9.33. The number of nitrogens with one attached hydrogen (secondary N) is 1. The van der Waals surface area contributed by atoms with Crippen LogP contribution in [0.2, 0.25) is 0 Å². The van der Waals surface area contributed by atoms with E-state index in [1.807, 2.05) is 7.05 Å². The van der Waals surface area contributed by atoms with E-state index in [2.05, 4.69) is 29.2 Å². The van der Waals surface area contributed by atoms with Crippen LogP contribution in [0.25, 0.3) is 0 Å². The van der Waals surface area contributed by atoms with Crippen molar-refractivity contribution in [3.63, 3.8) is 0 Å². The smallest absolute Gasteiger partial charge is 0.0627 e. The average Bonchev–Trinajstić information content (AvgIpc) is 2.89. The second-order valence-corrected chi connectivity index (χ2v) is 6.00. The molecule has 1 heterocycles. The normalized spacial score (nSPS) is 18.6. The largest absolute Gasteiger partial charge is 0.319 e. The first kappa shape index (κ1) is 14.6. The zero-order valence-electron chi connectivity index (χ0n) is 12.6. The molecule has 0 saturated heterocycles. The van der Waals surface area contributed by atoms with Gasteiger partial charge in [-0.3, -0.25) is 4.68 Å². The number of nitrogens with zero attached hydrogens (tertiary/aromatic N) is 2. The van der Waals surface area contributed by atoms with Crippen molar-refractivity contribution < 1.29 is 0 Å². The number of aromatic nitrogens is 2. The summed E-state index contributed by atoms with van der Waals surface area (Å²) in [6, 6.07) is 2.89. The number of hydrogen-bond donors (Lipinski definition) is 1. The lowest BCUT2D eigenvalue weighted by atomic mass is 9.96. The van der Waals surface area contributed by atoms with Gasteiger partial charge in [0.15, 0.2) is 0 Å². The minimum absolute atomic E-state index is 0.663. The van der Waals surface area contributed by atoms with Crippen molar-refractivity contribution >= 4 is 0 Å². The maximum atomic E-state index is 4.83. The maximum Gasteiger partial charge on any atom is 0.0627 e. The van der Waals surface area contributed by atoms with Crippen LogP contribution >= 0.6 is 0 Å². The molecular formula is C16H29N3. The molecular weight excluding hydrogens is 234 g/mol. The lowest BCUT2D eigenvalue weighted by Crippen LogP contribution is -2.21. The maximum absolute atomic E-state index is 4.83. The minimum atomic E-state index is 0.663. The third-order valence-electron chi connectivity index (χ3n) is 4.30. The Balaban J connectivity index is 1.91. The van der Waals surface area contributed by atoms with Crippen LogP contribution < -0.4 is 5.32 Å². The summed E-state index contributed by atoms with van der Waals surface area (Å²) in [5.74, 6) is 0.727. The van der Waals surface area contributed by atoms with Crippen LogP contribution in [-0.4, -0.2) is 23.4 Å². The highest BCUT2D eigenvalue weighted by Crippen LogP contribution is 2.27. The van der Waals surface area contributed by atoms with Gasteiger partial charge in [-0.2, -0.15) is 5.10 Å². The van der Waals surface area contributed by atoms with Crippen molar-refractivity contribution in [3.8, 4) is 0 Å². The number of rotatable bonds is 7. The second-order valence-electron chi connectivity index (χ2n) is 6.00. The van der Waals surface area contributed by atoms with Crippen molar-refractivity contribution in [2.24, 2.45) is 5.92 Å². The lowest BCUT2D eigenvalue weighted by molar-refractivity contribution is 0.326. The van der Waals surface area contributed by atoms with Crippen LogP contribution in [0, 0.1) is 5.92 Å². The first-order valence-corrected chi connectivity index (χ1v) is 8.02. The highest BCUT2D eigenvalue weighted by atomic mass is 15.3. The molecule has 1 aliphatic carbocycles. The molecule has 0 amide bonds. The molecule has 3 nitrogen and oxygen atoms in total. The fraction of sp³-hybridized carbons (Fsp3) is 0.812. The molecule has 108 valence electrons. The van der Waals surface area contributed by atoms with E-state index in [1.165, 1.54) is 50.6 Å². The molecule has 1 aliphatic rings. The van der Waals surface area contributed by atoms with Crippen molar-refractivity contribution in [1.82, 2.24) is 15.1 Å². The summed E-state index contributed by atoms with van der Waals surface area (Å²) in [6.45, 7) is 3.37. The summed E-state index contributed by atoms with van der Waals surface area (Å²) in [5.41, 5.74) is 1.28. The van der Waals surface area contributed by atoms with Gasteiger partial charge in [-0.05, 0) is 51.3 Å². The van der Waals surface area contributed by atoms with E-state index in [-0.39, 0.29) is 0 Å². The molecule has 2 rings (SSSR count). The molecule has 0 bridgehead atoms. The molecule has 0 spiro atoms. The standard InChI is InChI=1S/C16H29N3/c1-3-7-14(13-17-2)12-15-10-11-19(18-15)16-8-5-4-6-9-16/h10-11,14,16-17H,3-9,12-13H2,1-2H3. The van der Waals surface area contributed by atoms with Crippen LogP contribution in [0.15, 0.2) is 12.3 Å². The van der Waals surface area contributed by atoms with Gasteiger partial charge in [0.05, 0.1) is 11.7 Å². The van der Waals surface area contributed by atoms with E-state index in [1.54, 1.807) is 0 Å². The third-order valence-corrected chi connectivity index (χ3v) is 4.30. The van der Waals surface area contributed by atoms with Crippen molar-refractivity contribution in [1.29, 1.82) is 0 Å². The first-order valence-electron chi connectivity index (χ1n) is 8.02. The Morgan fingerprint density at radius 1 is 1.37 bits per heavy atom. The Labute approximate surface area is 117 Å². The second kappa shape index (κ2) is 7.68. The monoisotopic (exact) mass is 263 g/mol. The average molecular weight is 263 g/mol. The molecule has 1 N–H and O–H groups in total. The molecule has 0 aliphatic heterocycles. The summed E-state index contributed by atoms with van der Waals surface area (Å²) < 4.78 is 2.23. The Morgan fingerprint density at radius 2 is 2.16 bits per heavy atom. The quantitative estimate of drug-likeness (QED) is 0.815. The summed E-state index contributed by atoms with van der Waals surface area (Å²) >= 11 is 0. The molecule has 1 aromatic heterocycles. The SMILES string of the molecule is CCCC(CNC)Cc1ccn(C2CCCCC2)n1. The zero-order chi connectivity index (χ0) is 13.5. The Kier molecular flexibility index (Phi) is 5.90. The Bertz CT molecular complexity index is 347. The van der Waals surface area contributed by atoms with Crippen molar-refractivity contribution in [2.75, 3.05) is 13.6 Å². The fourth-order valence-corrected chi connectivity index (χ4v) is 3.30. The van der Waals surface area contributed by atoms with Crippen LogP contribution in [-0.2, 0) is 6.42 Å². The van der Waals surface area contributed by atoms with Crippen LogP contribution in [0.4, 0.5) is 0 Å². The van der Waals surface area contributed by atoms with Crippen molar-refractivity contribution in [3.05, 3.63) is 18.0 Å². The zero-order valence-corrected chi connectivity index (χ0v) is 12.6. The van der Waals surface area contributed by atoms with Gasteiger partial charge < -0.3 is 5.32 Å². The van der Waals surface area contributed by atoms with E-state index in [0.717, 1.165) is 18.9 Å². The molecule has 19 heavy (non-hydrogen) atoms. The molecule has 3 heteroatoms. The molecule has 1 saturated carbocycles. The molecule has 1 aromatic rings.